The molecule has 0 atom stereocenters. The lowest BCUT2D eigenvalue weighted by atomic mass is 10.1. The molecule has 4 rings (SSSR count). The Kier molecular flexibility index (Phi) is 5.77. The zero-order chi connectivity index (χ0) is 21.3. The number of allylic oxidation sites excluding steroid dienone is 1. The van der Waals surface area contributed by atoms with Gasteiger partial charge in [-0.15, -0.1) is 0 Å². The third-order valence-electron chi connectivity index (χ3n) is 4.95. The van der Waals surface area contributed by atoms with E-state index in [4.69, 9.17) is 16.6 Å². The molecule has 3 aromatic rings. The summed E-state index contributed by atoms with van der Waals surface area (Å²) in [5, 5.41) is 6.82. The lowest BCUT2D eigenvalue weighted by Gasteiger charge is -2.12. The summed E-state index contributed by atoms with van der Waals surface area (Å²) in [6.45, 7) is 7.08. The van der Waals surface area contributed by atoms with Crippen molar-refractivity contribution >= 4 is 35.0 Å². The molecule has 1 fully saturated rings. The fraction of sp³-hybridized carbons (Fsp3) is 0.348. The van der Waals surface area contributed by atoms with Gasteiger partial charge in [-0.2, -0.15) is 0 Å². The topological polar surface area (TPSA) is 71.3 Å². The summed E-state index contributed by atoms with van der Waals surface area (Å²) in [6, 6.07) is 5.81. The van der Waals surface area contributed by atoms with E-state index in [0.29, 0.717) is 22.5 Å². The fourth-order valence-electron chi connectivity index (χ4n) is 3.24. The van der Waals surface area contributed by atoms with E-state index < -0.39 is 0 Å². The first-order valence-electron chi connectivity index (χ1n) is 10.3. The Morgan fingerprint density at radius 3 is 2.83 bits per heavy atom. The first-order valence-corrected chi connectivity index (χ1v) is 10.7. The zero-order valence-corrected chi connectivity index (χ0v) is 18.2. The number of nitrogens with one attached hydrogen (secondary N) is 2. The summed E-state index contributed by atoms with van der Waals surface area (Å²) >= 11 is 6.47. The van der Waals surface area contributed by atoms with Crippen molar-refractivity contribution in [1.29, 1.82) is 0 Å². The maximum Gasteiger partial charge on any atom is 0.253 e. The molecule has 1 aliphatic rings. The van der Waals surface area contributed by atoms with Gasteiger partial charge in [0.15, 0.2) is 11.5 Å². The third kappa shape index (κ3) is 4.33. The molecule has 1 amide bonds. The van der Waals surface area contributed by atoms with E-state index in [-0.39, 0.29) is 5.91 Å². The van der Waals surface area contributed by atoms with Gasteiger partial charge in [0.1, 0.15) is 0 Å². The van der Waals surface area contributed by atoms with Gasteiger partial charge in [0.2, 0.25) is 0 Å². The molecule has 1 saturated carbocycles. The summed E-state index contributed by atoms with van der Waals surface area (Å²) in [6.07, 6.45) is 9.77. The van der Waals surface area contributed by atoms with Crippen molar-refractivity contribution in [2.24, 2.45) is 5.92 Å². The predicted octanol–water partition coefficient (Wildman–Crippen LogP) is 5.04. The highest BCUT2D eigenvalue weighted by atomic mass is 35.5. The molecule has 0 unspecified atom stereocenters. The van der Waals surface area contributed by atoms with Crippen LogP contribution in [0.5, 0.6) is 0 Å². The van der Waals surface area contributed by atoms with E-state index in [0.717, 1.165) is 47.8 Å². The summed E-state index contributed by atoms with van der Waals surface area (Å²) in [7, 11) is 0. The molecule has 0 aliphatic heterocycles. The largest absolute Gasteiger partial charge is 0.367 e. The van der Waals surface area contributed by atoms with Crippen molar-refractivity contribution < 1.29 is 4.79 Å². The summed E-state index contributed by atoms with van der Waals surface area (Å²) in [4.78, 5) is 21.7. The van der Waals surface area contributed by atoms with Crippen LogP contribution in [0.25, 0.3) is 23.0 Å². The van der Waals surface area contributed by atoms with Gasteiger partial charge in [-0.3, -0.25) is 9.20 Å². The Morgan fingerprint density at radius 2 is 2.17 bits per heavy atom. The van der Waals surface area contributed by atoms with Crippen LogP contribution in [-0.2, 0) is 0 Å². The molecular formula is C23H26ClN5O. The normalized spacial score (nSPS) is 14.0. The van der Waals surface area contributed by atoms with Crippen molar-refractivity contribution in [1.82, 2.24) is 19.7 Å². The lowest BCUT2D eigenvalue weighted by Crippen LogP contribution is -2.25. The predicted molar refractivity (Wildman–Crippen MR) is 122 cm³/mol. The molecule has 1 aromatic carbocycles. The molecule has 6 nitrogen and oxygen atoms in total. The number of anilines is 1. The molecule has 1 aliphatic carbocycles. The zero-order valence-electron chi connectivity index (χ0n) is 17.4. The Morgan fingerprint density at radius 1 is 1.37 bits per heavy atom. The van der Waals surface area contributed by atoms with Crippen molar-refractivity contribution in [3.8, 4) is 11.3 Å². The molecular weight excluding hydrogens is 398 g/mol. The van der Waals surface area contributed by atoms with Crippen molar-refractivity contribution in [2.45, 2.75) is 39.7 Å². The Balaban J connectivity index is 1.73. The molecule has 0 spiro atoms. The van der Waals surface area contributed by atoms with Crippen LogP contribution in [0.15, 0.2) is 36.7 Å². The number of imidazole rings is 1. The van der Waals surface area contributed by atoms with Gasteiger partial charge in [0, 0.05) is 24.3 Å². The van der Waals surface area contributed by atoms with E-state index in [9.17, 15) is 4.79 Å². The van der Waals surface area contributed by atoms with Gasteiger partial charge in [-0.25, -0.2) is 9.97 Å². The molecule has 7 heteroatoms. The number of halogens is 1. The average molecular weight is 424 g/mol. The number of carbonyl (C=O) groups excluding carboxylic acids is 1. The first-order chi connectivity index (χ1) is 14.5. The minimum atomic E-state index is -0.119. The van der Waals surface area contributed by atoms with Gasteiger partial charge in [-0.1, -0.05) is 37.6 Å². The maximum atomic E-state index is 12.4. The number of nitrogens with zero attached hydrogens (tertiary/aromatic N) is 3. The van der Waals surface area contributed by atoms with E-state index in [2.05, 4.69) is 29.5 Å². The highest BCUT2D eigenvalue weighted by Gasteiger charge is 2.25. The fourth-order valence-corrected chi connectivity index (χ4v) is 3.51. The number of hydrogen-bond acceptors (Lipinski definition) is 4. The van der Waals surface area contributed by atoms with Gasteiger partial charge < -0.3 is 10.6 Å². The molecule has 0 radical (unpaired) electrons. The van der Waals surface area contributed by atoms with E-state index in [1.165, 1.54) is 0 Å². The van der Waals surface area contributed by atoms with Crippen LogP contribution in [0.1, 0.15) is 49.7 Å². The number of amides is 1. The number of aromatic nitrogens is 3. The molecule has 0 bridgehead atoms. The smallest absolute Gasteiger partial charge is 0.253 e. The lowest BCUT2D eigenvalue weighted by molar-refractivity contribution is 0.0951. The maximum absolute atomic E-state index is 12.4. The number of hydrogen-bond donors (Lipinski definition) is 2. The van der Waals surface area contributed by atoms with Gasteiger partial charge in [0.25, 0.3) is 5.91 Å². The van der Waals surface area contributed by atoms with Crippen molar-refractivity contribution in [2.75, 3.05) is 11.9 Å². The molecule has 2 aromatic heterocycles. The summed E-state index contributed by atoms with van der Waals surface area (Å²) in [5.41, 5.74) is 3.87. The van der Waals surface area contributed by atoms with Gasteiger partial charge >= 0.3 is 0 Å². The second kappa shape index (κ2) is 8.48. The van der Waals surface area contributed by atoms with Crippen LogP contribution in [0, 0.1) is 5.92 Å². The minimum Gasteiger partial charge on any atom is -0.367 e. The summed E-state index contributed by atoms with van der Waals surface area (Å²) < 4.78 is 2.01. The second-order valence-electron chi connectivity index (χ2n) is 8.07. The van der Waals surface area contributed by atoms with E-state index >= 15 is 0 Å². The van der Waals surface area contributed by atoms with Crippen LogP contribution in [0.4, 0.5) is 5.82 Å². The number of benzene rings is 1. The number of rotatable bonds is 7. The monoisotopic (exact) mass is 423 g/mol. The number of fused-ring (bicyclic) bond motifs is 1. The van der Waals surface area contributed by atoms with Gasteiger partial charge in [-0.05, 0) is 43.9 Å². The molecule has 2 N–H and O–H groups in total. The third-order valence-corrected chi connectivity index (χ3v) is 5.26. The van der Waals surface area contributed by atoms with E-state index in [1.807, 2.05) is 48.0 Å². The Hall–Kier alpha value is -2.86. The Labute approximate surface area is 181 Å². The summed E-state index contributed by atoms with van der Waals surface area (Å²) in [5.74, 6) is 1.11. The standard InChI is InChI=1S/C23H26ClN5O/c1-4-5-17-13-29-20(12-26-22(29)21(27-17)25-11-14(2)3)15-6-9-18(19(24)10-15)23(30)28-16-7-8-16/h4-6,9-10,12-14,16H,7-8,11H2,1-3H3,(H,25,27)(H,28,30). The average Bonchev–Trinajstić information content (AvgIpc) is 3.41. The quantitative estimate of drug-likeness (QED) is 0.558. The van der Waals surface area contributed by atoms with Crippen LogP contribution in [0.2, 0.25) is 5.02 Å². The van der Waals surface area contributed by atoms with Crippen LogP contribution in [-0.4, -0.2) is 32.9 Å². The van der Waals surface area contributed by atoms with Crippen LogP contribution < -0.4 is 10.6 Å². The second-order valence-corrected chi connectivity index (χ2v) is 8.48. The van der Waals surface area contributed by atoms with E-state index in [1.54, 1.807) is 6.07 Å². The highest BCUT2D eigenvalue weighted by molar-refractivity contribution is 6.34. The Bertz CT molecular complexity index is 1110. The minimum absolute atomic E-state index is 0.119. The van der Waals surface area contributed by atoms with Crippen LogP contribution >= 0.6 is 11.6 Å². The van der Waals surface area contributed by atoms with Crippen molar-refractivity contribution in [3.63, 3.8) is 0 Å². The molecule has 2 heterocycles. The SMILES string of the molecule is CC=Cc1cn2c(-c3ccc(C(=O)NC4CC4)c(Cl)c3)cnc2c(NCC(C)C)n1. The van der Waals surface area contributed by atoms with Crippen LogP contribution in [0.3, 0.4) is 0 Å². The molecule has 156 valence electrons. The van der Waals surface area contributed by atoms with Gasteiger partial charge in [0.05, 0.1) is 28.2 Å². The molecule has 30 heavy (non-hydrogen) atoms. The van der Waals surface area contributed by atoms with Crippen molar-refractivity contribution in [3.05, 3.63) is 52.9 Å². The highest BCUT2D eigenvalue weighted by Crippen LogP contribution is 2.29. The molecule has 0 saturated heterocycles. The first kappa shape index (κ1) is 20.4. The number of carbonyl (C=O) groups is 1.